The van der Waals surface area contributed by atoms with Crippen molar-refractivity contribution in [2.75, 3.05) is 13.1 Å². The molecule has 4 nitrogen and oxygen atoms in total. The van der Waals surface area contributed by atoms with Gasteiger partial charge in [0.1, 0.15) is 11.5 Å². The first-order valence-corrected chi connectivity index (χ1v) is 7.55. The maximum atomic E-state index is 9.66. The Morgan fingerprint density at radius 2 is 1.90 bits per heavy atom. The van der Waals surface area contributed by atoms with E-state index in [4.69, 9.17) is 5.73 Å². The van der Waals surface area contributed by atoms with Gasteiger partial charge >= 0.3 is 0 Å². The summed E-state index contributed by atoms with van der Waals surface area (Å²) in [6.45, 7) is 5.96. The molecule has 1 aromatic carbocycles. The molecule has 20 heavy (non-hydrogen) atoms. The van der Waals surface area contributed by atoms with E-state index in [1.807, 2.05) is 0 Å². The fraction of sp³-hybridized carbons (Fsp3) is 0.625. The third-order valence-electron chi connectivity index (χ3n) is 4.62. The quantitative estimate of drug-likeness (QED) is 0.774. The number of aromatic hydroxyl groups is 2. The molecule has 0 heterocycles. The number of benzene rings is 1. The van der Waals surface area contributed by atoms with Gasteiger partial charge < -0.3 is 15.9 Å². The largest absolute Gasteiger partial charge is 0.508 e. The molecule has 1 aliphatic carbocycles. The second-order valence-electron chi connectivity index (χ2n) is 5.78. The van der Waals surface area contributed by atoms with Gasteiger partial charge in [-0.25, -0.2) is 0 Å². The molecule has 1 saturated carbocycles. The van der Waals surface area contributed by atoms with Crippen LogP contribution in [0.15, 0.2) is 18.2 Å². The Bertz CT molecular complexity index is 430. The molecule has 0 aromatic heterocycles. The minimum Gasteiger partial charge on any atom is -0.508 e. The number of hydrogen-bond acceptors (Lipinski definition) is 4. The third kappa shape index (κ3) is 3.07. The van der Waals surface area contributed by atoms with Crippen molar-refractivity contribution in [2.45, 2.75) is 45.2 Å². The van der Waals surface area contributed by atoms with E-state index in [1.54, 1.807) is 12.1 Å². The van der Waals surface area contributed by atoms with Gasteiger partial charge in [0.25, 0.3) is 0 Å². The molecule has 0 radical (unpaired) electrons. The zero-order valence-electron chi connectivity index (χ0n) is 12.4. The lowest BCUT2D eigenvalue weighted by Gasteiger charge is -2.37. The molecule has 0 saturated heterocycles. The van der Waals surface area contributed by atoms with Crippen LogP contribution in [0.5, 0.6) is 11.5 Å². The highest BCUT2D eigenvalue weighted by atomic mass is 16.3. The van der Waals surface area contributed by atoms with Gasteiger partial charge in [-0.3, -0.25) is 4.90 Å². The lowest BCUT2D eigenvalue weighted by Crippen LogP contribution is -2.41. The number of phenolic OH excluding ortho intramolecular Hbond substituents is 2. The topological polar surface area (TPSA) is 69.7 Å². The second-order valence-corrected chi connectivity index (χ2v) is 5.78. The molecule has 3 unspecified atom stereocenters. The van der Waals surface area contributed by atoms with Crippen LogP contribution in [0, 0.1) is 5.92 Å². The molecule has 1 fully saturated rings. The first-order valence-electron chi connectivity index (χ1n) is 7.55. The summed E-state index contributed by atoms with van der Waals surface area (Å²) in [6, 6.07) is 5.50. The first kappa shape index (κ1) is 15.1. The summed E-state index contributed by atoms with van der Waals surface area (Å²) < 4.78 is 0. The zero-order chi connectivity index (χ0) is 14.7. The number of hydrogen-bond donors (Lipinski definition) is 3. The molecule has 2 rings (SSSR count). The summed E-state index contributed by atoms with van der Waals surface area (Å²) in [5.41, 5.74) is 6.85. The summed E-state index contributed by atoms with van der Waals surface area (Å²) in [5.74, 6) is 0.790. The average molecular weight is 278 g/mol. The van der Waals surface area contributed by atoms with Crippen molar-refractivity contribution in [3.8, 4) is 11.5 Å². The van der Waals surface area contributed by atoms with E-state index in [0.29, 0.717) is 12.0 Å². The summed E-state index contributed by atoms with van der Waals surface area (Å²) in [4.78, 5) is 2.44. The van der Waals surface area contributed by atoms with Gasteiger partial charge in [-0.15, -0.1) is 0 Å². The molecule has 4 heteroatoms. The summed E-state index contributed by atoms with van der Waals surface area (Å²) in [7, 11) is 0. The van der Waals surface area contributed by atoms with Crippen molar-refractivity contribution in [1.29, 1.82) is 0 Å². The van der Waals surface area contributed by atoms with Gasteiger partial charge in [-0.05, 0) is 56.5 Å². The Morgan fingerprint density at radius 1 is 1.25 bits per heavy atom. The average Bonchev–Trinajstić information content (AvgIpc) is 2.86. The highest BCUT2D eigenvalue weighted by Gasteiger charge is 2.33. The minimum atomic E-state index is 0.115. The van der Waals surface area contributed by atoms with Gasteiger partial charge in [0.15, 0.2) is 0 Å². The van der Waals surface area contributed by atoms with Crippen molar-refractivity contribution < 1.29 is 10.2 Å². The van der Waals surface area contributed by atoms with Crippen molar-refractivity contribution in [3.05, 3.63) is 23.8 Å². The molecule has 0 spiro atoms. The molecule has 3 atom stereocenters. The Morgan fingerprint density at radius 3 is 2.45 bits per heavy atom. The fourth-order valence-electron chi connectivity index (χ4n) is 3.58. The van der Waals surface area contributed by atoms with Crippen LogP contribution >= 0.6 is 0 Å². The molecule has 0 bridgehead atoms. The molecular weight excluding hydrogens is 252 g/mol. The highest BCUT2D eigenvalue weighted by molar-refractivity contribution is 5.38. The van der Waals surface area contributed by atoms with Gasteiger partial charge in [0.05, 0.1) is 0 Å². The van der Waals surface area contributed by atoms with Crippen LogP contribution in [0.25, 0.3) is 0 Å². The van der Waals surface area contributed by atoms with E-state index in [1.165, 1.54) is 25.3 Å². The molecule has 0 amide bonds. The van der Waals surface area contributed by atoms with Gasteiger partial charge in [-0.2, -0.15) is 0 Å². The Kier molecular flexibility index (Phi) is 4.89. The first-order chi connectivity index (χ1) is 9.56. The normalized spacial score (nSPS) is 24.2. The van der Waals surface area contributed by atoms with Crippen LogP contribution in [0.1, 0.15) is 44.7 Å². The van der Waals surface area contributed by atoms with E-state index >= 15 is 0 Å². The van der Waals surface area contributed by atoms with E-state index in [0.717, 1.165) is 18.7 Å². The standard InChI is InChI=1S/C16H26N2O2/c1-3-18(16-6-4-5-12(16)10-17)11(2)13-7-14(19)9-15(20)8-13/h7-9,11-12,16,19-20H,3-6,10,17H2,1-2H3. The lowest BCUT2D eigenvalue weighted by molar-refractivity contribution is 0.123. The van der Waals surface area contributed by atoms with E-state index < -0.39 is 0 Å². The Balaban J connectivity index is 2.22. The van der Waals surface area contributed by atoms with Crippen LogP contribution in [0.3, 0.4) is 0 Å². The maximum absolute atomic E-state index is 9.66. The van der Waals surface area contributed by atoms with E-state index in [2.05, 4.69) is 18.7 Å². The summed E-state index contributed by atoms with van der Waals surface area (Å²) in [6.07, 6.45) is 3.63. The van der Waals surface area contributed by atoms with Crippen molar-refractivity contribution >= 4 is 0 Å². The van der Waals surface area contributed by atoms with E-state index in [9.17, 15) is 10.2 Å². The fourth-order valence-corrected chi connectivity index (χ4v) is 3.58. The Labute approximate surface area is 121 Å². The van der Waals surface area contributed by atoms with Gasteiger partial charge in [0.2, 0.25) is 0 Å². The van der Waals surface area contributed by atoms with Crippen molar-refractivity contribution in [3.63, 3.8) is 0 Å². The van der Waals surface area contributed by atoms with Crippen LogP contribution in [0.4, 0.5) is 0 Å². The highest BCUT2D eigenvalue weighted by Crippen LogP contribution is 2.36. The molecule has 1 aliphatic rings. The summed E-state index contributed by atoms with van der Waals surface area (Å²) >= 11 is 0. The van der Waals surface area contributed by atoms with Crippen molar-refractivity contribution in [1.82, 2.24) is 4.90 Å². The predicted molar refractivity (Wildman–Crippen MR) is 80.8 cm³/mol. The van der Waals surface area contributed by atoms with Gasteiger partial charge in [0, 0.05) is 18.2 Å². The molecule has 0 aliphatic heterocycles. The number of nitrogens with zero attached hydrogens (tertiary/aromatic N) is 1. The minimum absolute atomic E-state index is 0.115. The summed E-state index contributed by atoms with van der Waals surface area (Å²) in [5, 5.41) is 19.3. The molecule has 4 N–H and O–H groups in total. The molecule has 1 aromatic rings. The van der Waals surface area contributed by atoms with E-state index in [-0.39, 0.29) is 17.5 Å². The smallest absolute Gasteiger partial charge is 0.119 e. The zero-order valence-corrected chi connectivity index (χ0v) is 12.4. The lowest BCUT2D eigenvalue weighted by atomic mass is 9.98. The predicted octanol–water partition coefficient (Wildman–Crippen LogP) is 2.61. The number of phenols is 2. The molecular formula is C16H26N2O2. The van der Waals surface area contributed by atoms with Crippen molar-refractivity contribution in [2.24, 2.45) is 11.7 Å². The van der Waals surface area contributed by atoms with Crippen LogP contribution < -0.4 is 5.73 Å². The number of rotatable bonds is 5. The SMILES string of the molecule is CCN(C(C)c1cc(O)cc(O)c1)C1CCCC1CN. The second kappa shape index (κ2) is 6.46. The van der Waals surface area contributed by atoms with Crippen LogP contribution in [0.2, 0.25) is 0 Å². The van der Waals surface area contributed by atoms with Crippen LogP contribution in [-0.4, -0.2) is 34.2 Å². The van der Waals surface area contributed by atoms with Crippen LogP contribution in [-0.2, 0) is 0 Å². The molecule has 112 valence electrons. The van der Waals surface area contributed by atoms with Gasteiger partial charge in [-0.1, -0.05) is 13.3 Å². The monoisotopic (exact) mass is 278 g/mol. The maximum Gasteiger partial charge on any atom is 0.119 e. The third-order valence-corrected chi connectivity index (χ3v) is 4.62. The Hall–Kier alpha value is -1.26. The number of nitrogens with two attached hydrogens (primary N) is 1.